The Hall–Kier alpha value is -2.76. The van der Waals surface area contributed by atoms with Crippen LogP contribution in [0.15, 0.2) is 34.9 Å². The Morgan fingerprint density at radius 2 is 2.21 bits per heavy atom. The number of carbonyl (C=O) groups is 1. The SMILES string of the molecule is Cn1ccc(NC(=O)COc2ccc3oc4c(c3c2)CCCC4)n1. The van der Waals surface area contributed by atoms with E-state index in [1.165, 1.54) is 18.4 Å². The van der Waals surface area contributed by atoms with Gasteiger partial charge in [-0.3, -0.25) is 9.48 Å². The predicted molar refractivity (Wildman–Crippen MR) is 90.2 cm³/mol. The average Bonchev–Trinajstić information content (AvgIpc) is 3.16. The number of ether oxygens (including phenoxy) is 1. The number of aromatic nitrogens is 2. The van der Waals surface area contributed by atoms with E-state index in [1.807, 2.05) is 18.2 Å². The number of amides is 1. The van der Waals surface area contributed by atoms with Crippen LogP contribution in [0, 0.1) is 0 Å². The van der Waals surface area contributed by atoms with Gasteiger partial charge in [-0.25, -0.2) is 0 Å². The second-order valence-electron chi connectivity index (χ2n) is 6.08. The van der Waals surface area contributed by atoms with Gasteiger partial charge in [0, 0.05) is 36.7 Å². The molecule has 6 heteroatoms. The molecule has 0 bridgehead atoms. The van der Waals surface area contributed by atoms with Gasteiger partial charge in [-0.15, -0.1) is 0 Å². The molecule has 0 spiro atoms. The summed E-state index contributed by atoms with van der Waals surface area (Å²) in [4.78, 5) is 11.9. The van der Waals surface area contributed by atoms with Crippen molar-refractivity contribution >= 4 is 22.7 Å². The molecule has 0 saturated heterocycles. The summed E-state index contributed by atoms with van der Waals surface area (Å²) in [5.41, 5.74) is 2.19. The van der Waals surface area contributed by atoms with Crippen molar-refractivity contribution in [3.05, 3.63) is 41.8 Å². The molecule has 124 valence electrons. The molecule has 3 aromatic rings. The van der Waals surface area contributed by atoms with Crippen molar-refractivity contribution in [3.8, 4) is 5.75 Å². The Morgan fingerprint density at radius 1 is 1.33 bits per heavy atom. The summed E-state index contributed by atoms with van der Waals surface area (Å²) < 4.78 is 13.2. The summed E-state index contributed by atoms with van der Waals surface area (Å²) in [6, 6.07) is 7.46. The molecular formula is C18H19N3O3. The van der Waals surface area contributed by atoms with Gasteiger partial charge in [0.1, 0.15) is 17.1 Å². The van der Waals surface area contributed by atoms with E-state index in [0.29, 0.717) is 11.6 Å². The quantitative estimate of drug-likeness (QED) is 0.800. The Kier molecular flexibility index (Phi) is 3.72. The Balaban J connectivity index is 1.45. The maximum Gasteiger partial charge on any atom is 0.263 e. The lowest BCUT2D eigenvalue weighted by Gasteiger charge is -2.09. The van der Waals surface area contributed by atoms with Crippen LogP contribution in [0.1, 0.15) is 24.2 Å². The molecule has 1 amide bonds. The first-order chi connectivity index (χ1) is 11.7. The van der Waals surface area contributed by atoms with E-state index < -0.39 is 0 Å². The fourth-order valence-corrected chi connectivity index (χ4v) is 3.14. The number of furan rings is 1. The lowest BCUT2D eigenvalue weighted by atomic mass is 9.96. The van der Waals surface area contributed by atoms with Crippen LogP contribution in [-0.2, 0) is 24.7 Å². The molecule has 24 heavy (non-hydrogen) atoms. The van der Waals surface area contributed by atoms with E-state index in [2.05, 4.69) is 10.4 Å². The highest BCUT2D eigenvalue weighted by molar-refractivity contribution is 5.91. The number of anilines is 1. The first-order valence-electron chi connectivity index (χ1n) is 8.15. The molecule has 4 rings (SSSR count). The van der Waals surface area contributed by atoms with Gasteiger partial charge in [0.15, 0.2) is 12.4 Å². The molecule has 1 aliphatic carbocycles. The Morgan fingerprint density at radius 3 is 3.04 bits per heavy atom. The van der Waals surface area contributed by atoms with Gasteiger partial charge in [-0.2, -0.15) is 5.10 Å². The van der Waals surface area contributed by atoms with Gasteiger partial charge in [0.25, 0.3) is 5.91 Å². The molecule has 2 heterocycles. The van der Waals surface area contributed by atoms with E-state index in [0.717, 1.165) is 29.6 Å². The molecule has 1 N–H and O–H groups in total. The number of hydrogen-bond acceptors (Lipinski definition) is 4. The molecule has 0 radical (unpaired) electrons. The van der Waals surface area contributed by atoms with Crippen molar-refractivity contribution in [2.45, 2.75) is 25.7 Å². The number of nitrogens with zero attached hydrogens (tertiary/aromatic N) is 2. The standard InChI is InChI=1S/C18H19N3O3/c1-21-9-8-17(20-21)19-18(22)11-23-12-6-7-16-14(10-12)13-4-2-3-5-15(13)24-16/h6-10H,2-5,11H2,1H3,(H,19,20,22). The minimum Gasteiger partial charge on any atom is -0.484 e. The van der Waals surface area contributed by atoms with Crippen molar-refractivity contribution < 1.29 is 13.9 Å². The molecule has 2 aromatic heterocycles. The molecule has 0 fully saturated rings. The first kappa shape index (κ1) is 14.8. The lowest BCUT2D eigenvalue weighted by molar-refractivity contribution is -0.118. The number of aryl methyl sites for hydroxylation is 3. The Labute approximate surface area is 139 Å². The van der Waals surface area contributed by atoms with Gasteiger partial charge in [0.2, 0.25) is 0 Å². The summed E-state index contributed by atoms with van der Waals surface area (Å²) in [6.45, 7) is -0.0534. The van der Waals surface area contributed by atoms with Gasteiger partial charge < -0.3 is 14.5 Å². The third kappa shape index (κ3) is 2.87. The summed E-state index contributed by atoms with van der Waals surface area (Å²) >= 11 is 0. The zero-order chi connectivity index (χ0) is 16.5. The molecular weight excluding hydrogens is 306 g/mol. The van der Waals surface area contributed by atoms with Crippen LogP contribution < -0.4 is 10.1 Å². The van der Waals surface area contributed by atoms with Crippen molar-refractivity contribution in [1.29, 1.82) is 0 Å². The van der Waals surface area contributed by atoms with Crippen LogP contribution in [0.5, 0.6) is 5.75 Å². The molecule has 0 atom stereocenters. The van der Waals surface area contributed by atoms with Crippen LogP contribution >= 0.6 is 0 Å². The lowest BCUT2D eigenvalue weighted by Crippen LogP contribution is -2.20. The largest absolute Gasteiger partial charge is 0.484 e. The molecule has 1 aromatic carbocycles. The second-order valence-corrected chi connectivity index (χ2v) is 6.08. The Bertz CT molecular complexity index is 894. The highest BCUT2D eigenvalue weighted by Gasteiger charge is 2.18. The summed E-state index contributed by atoms with van der Waals surface area (Å²) in [6.07, 6.45) is 6.20. The molecule has 0 aliphatic heterocycles. The maximum absolute atomic E-state index is 11.9. The third-order valence-electron chi connectivity index (χ3n) is 4.28. The fourth-order valence-electron chi connectivity index (χ4n) is 3.14. The smallest absolute Gasteiger partial charge is 0.263 e. The highest BCUT2D eigenvalue weighted by Crippen LogP contribution is 2.33. The predicted octanol–water partition coefficient (Wildman–Crippen LogP) is 3.06. The third-order valence-corrected chi connectivity index (χ3v) is 4.28. The van der Waals surface area contributed by atoms with Crippen molar-refractivity contribution in [2.24, 2.45) is 7.05 Å². The fraction of sp³-hybridized carbons (Fsp3) is 0.333. The number of fused-ring (bicyclic) bond motifs is 3. The molecule has 0 saturated carbocycles. The molecule has 6 nitrogen and oxygen atoms in total. The van der Waals surface area contributed by atoms with E-state index in [4.69, 9.17) is 9.15 Å². The van der Waals surface area contributed by atoms with Crippen LogP contribution in [-0.4, -0.2) is 22.3 Å². The van der Waals surface area contributed by atoms with E-state index >= 15 is 0 Å². The summed E-state index contributed by atoms with van der Waals surface area (Å²) in [5.74, 6) is 2.06. The zero-order valence-corrected chi connectivity index (χ0v) is 13.5. The minimum absolute atomic E-state index is 0.0534. The summed E-state index contributed by atoms with van der Waals surface area (Å²) in [7, 11) is 1.80. The highest BCUT2D eigenvalue weighted by atomic mass is 16.5. The van der Waals surface area contributed by atoms with Gasteiger partial charge in [-0.05, 0) is 37.5 Å². The van der Waals surface area contributed by atoms with E-state index in [1.54, 1.807) is 24.0 Å². The van der Waals surface area contributed by atoms with Gasteiger partial charge in [-0.1, -0.05) is 0 Å². The normalized spacial score (nSPS) is 13.7. The zero-order valence-electron chi connectivity index (χ0n) is 13.5. The topological polar surface area (TPSA) is 69.3 Å². The minimum atomic E-state index is -0.233. The average molecular weight is 325 g/mol. The number of benzene rings is 1. The van der Waals surface area contributed by atoms with Crippen molar-refractivity contribution in [3.63, 3.8) is 0 Å². The number of rotatable bonds is 4. The van der Waals surface area contributed by atoms with Gasteiger partial charge in [0.05, 0.1) is 0 Å². The number of nitrogens with one attached hydrogen (secondary N) is 1. The van der Waals surface area contributed by atoms with E-state index in [9.17, 15) is 4.79 Å². The maximum atomic E-state index is 11.9. The second kappa shape index (κ2) is 6.03. The van der Waals surface area contributed by atoms with Crippen LogP contribution in [0.2, 0.25) is 0 Å². The number of hydrogen-bond donors (Lipinski definition) is 1. The molecule has 0 unspecified atom stereocenters. The van der Waals surface area contributed by atoms with Crippen LogP contribution in [0.4, 0.5) is 5.82 Å². The van der Waals surface area contributed by atoms with Crippen LogP contribution in [0.25, 0.3) is 11.0 Å². The van der Waals surface area contributed by atoms with E-state index in [-0.39, 0.29) is 12.5 Å². The first-order valence-corrected chi connectivity index (χ1v) is 8.15. The monoisotopic (exact) mass is 325 g/mol. The van der Waals surface area contributed by atoms with Crippen molar-refractivity contribution in [2.75, 3.05) is 11.9 Å². The summed E-state index contributed by atoms with van der Waals surface area (Å²) in [5, 5.41) is 7.91. The van der Waals surface area contributed by atoms with Crippen LogP contribution in [0.3, 0.4) is 0 Å². The van der Waals surface area contributed by atoms with Crippen molar-refractivity contribution in [1.82, 2.24) is 9.78 Å². The van der Waals surface area contributed by atoms with Gasteiger partial charge >= 0.3 is 0 Å². The number of carbonyl (C=O) groups excluding carboxylic acids is 1. The molecule has 1 aliphatic rings.